The van der Waals surface area contributed by atoms with E-state index in [4.69, 9.17) is 10.5 Å². The normalized spacial score (nSPS) is 9.64. The Morgan fingerprint density at radius 2 is 2.09 bits per heavy atom. The third-order valence-corrected chi connectivity index (χ3v) is 1.41. The van der Waals surface area contributed by atoms with Gasteiger partial charge in [0.2, 0.25) is 0 Å². The molecule has 0 amide bonds. The SMILES string of the molecule is CCCCCCOC(=O)C[NH]. The highest BCUT2D eigenvalue weighted by Crippen LogP contribution is 1.98. The van der Waals surface area contributed by atoms with Crippen LogP contribution in [-0.2, 0) is 9.53 Å². The van der Waals surface area contributed by atoms with Crippen LogP contribution in [0, 0.1) is 0 Å². The lowest BCUT2D eigenvalue weighted by Gasteiger charge is -2.01. The molecule has 0 aromatic carbocycles. The minimum absolute atomic E-state index is 0.256. The van der Waals surface area contributed by atoms with Crippen molar-refractivity contribution in [3.63, 3.8) is 0 Å². The standard InChI is InChI=1S/C8H16NO2/c1-2-3-4-5-6-11-8(10)7-9/h9H,2-7H2,1H3. The van der Waals surface area contributed by atoms with Crippen LogP contribution in [0.1, 0.15) is 32.6 Å². The molecule has 0 saturated carbocycles. The van der Waals surface area contributed by atoms with Crippen LogP contribution in [0.3, 0.4) is 0 Å². The molecule has 1 N–H and O–H groups in total. The van der Waals surface area contributed by atoms with Gasteiger partial charge in [0.15, 0.2) is 0 Å². The highest BCUT2D eigenvalue weighted by Gasteiger charge is 1.96. The summed E-state index contributed by atoms with van der Waals surface area (Å²) in [5, 5.41) is 0. The van der Waals surface area contributed by atoms with E-state index in [1.54, 1.807) is 0 Å². The highest BCUT2D eigenvalue weighted by molar-refractivity contribution is 5.71. The summed E-state index contributed by atoms with van der Waals surface area (Å²) in [6.45, 7) is 2.36. The number of hydrogen-bond acceptors (Lipinski definition) is 2. The Labute approximate surface area is 67.9 Å². The fourth-order valence-corrected chi connectivity index (χ4v) is 0.766. The van der Waals surface area contributed by atoms with Gasteiger partial charge in [0, 0.05) is 0 Å². The molecule has 0 aromatic rings. The van der Waals surface area contributed by atoms with Gasteiger partial charge in [0.1, 0.15) is 6.54 Å². The summed E-state index contributed by atoms with van der Waals surface area (Å²) < 4.78 is 4.71. The van der Waals surface area contributed by atoms with Gasteiger partial charge in [0.05, 0.1) is 6.61 Å². The third kappa shape index (κ3) is 7.33. The van der Waals surface area contributed by atoms with Crippen molar-refractivity contribution in [3.05, 3.63) is 0 Å². The van der Waals surface area contributed by atoms with E-state index >= 15 is 0 Å². The molecule has 65 valence electrons. The molecule has 0 aromatic heterocycles. The third-order valence-electron chi connectivity index (χ3n) is 1.41. The average molecular weight is 158 g/mol. The molecule has 3 heteroatoms. The van der Waals surface area contributed by atoms with Crippen LogP contribution in [0.5, 0.6) is 0 Å². The van der Waals surface area contributed by atoms with Crippen molar-refractivity contribution < 1.29 is 9.53 Å². The summed E-state index contributed by atoms with van der Waals surface area (Å²) in [7, 11) is 0. The molecule has 0 aliphatic heterocycles. The summed E-state index contributed by atoms with van der Waals surface area (Å²) in [5.74, 6) is -0.415. The van der Waals surface area contributed by atoms with E-state index in [0.29, 0.717) is 6.61 Å². The van der Waals surface area contributed by atoms with E-state index in [9.17, 15) is 4.79 Å². The van der Waals surface area contributed by atoms with Crippen molar-refractivity contribution in [2.24, 2.45) is 0 Å². The van der Waals surface area contributed by atoms with E-state index in [-0.39, 0.29) is 6.54 Å². The maximum atomic E-state index is 10.4. The molecule has 11 heavy (non-hydrogen) atoms. The molecule has 3 nitrogen and oxygen atoms in total. The van der Waals surface area contributed by atoms with Crippen LogP contribution in [0.15, 0.2) is 0 Å². The fourth-order valence-electron chi connectivity index (χ4n) is 0.766. The van der Waals surface area contributed by atoms with Gasteiger partial charge in [0.25, 0.3) is 0 Å². The first-order chi connectivity index (χ1) is 5.31. The number of ether oxygens (including phenoxy) is 1. The van der Waals surface area contributed by atoms with E-state index in [0.717, 1.165) is 12.8 Å². The van der Waals surface area contributed by atoms with Gasteiger partial charge in [-0.2, -0.15) is 0 Å². The monoisotopic (exact) mass is 158 g/mol. The van der Waals surface area contributed by atoms with Gasteiger partial charge >= 0.3 is 5.97 Å². The molecule has 0 spiro atoms. The molecule has 0 heterocycles. The zero-order chi connectivity index (χ0) is 8.53. The Kier molecular flexibility index (Phi) is 7.15. The molecule has 1 radical (unpaired) electrons. The zero-order valence-electron chi connectivity index (χ0n) is 7.06. The van der Waals surface area contributed by atoms with Crippen LogP contribution in [-0.4, -0.2) is 19.1 Å². The van der Waals surface area contributed by atoms with Gasteiger partial charge in [-0.05, 0) is 6.42 Å². The average Bonchev–Trinajstić information content (AvgIpc) is 2.04. The lowest BCUT2D eigenvalue weighted by molar-refractivity contribution is -0.142. The molecular formula is C8H16NO2. The lowest BCUT2D eigenvalue weighted by Crippen LogP contribution is -2.10. The Bertz CT molecular complexity index is 104. The van der Waals surface area contributed by atoms with Gasteiger partial charge in [-0.25, -0.2) is 5.73 Å². The van der Waals surface area contributed by atoms with E-state index in [2.05, 4.69) is 6.92 Å². The molecule has 0 aliphatic carbocycles. The van der Waals surface area contributed by atoms with Crippen LogP contribution < -0.4 is 5.73 Å². The molecule has 0 saturated heterocycles. The number of rotatable bonds is 6. The zero-order valence-corrected chi connectivity index (χ0v) is 7.06. The van der Waals surface area contributed by atoms with Crippen molar-refractivity contribution in [2.45, 2.75) is 32.6 Å². The number of carbonyl (C=O) groups is 1. The second-order valence-corrected chi connectivity index (χ2v) is 2.46. The molecule has 0 rings (SSSR count). The molecule has 0 aliphatic rings. The van der Waals surface area contributed by atoms with Gasteiger partial charge in [-0.3, -0.25) is 4.79 Å². The first kappa shape index (κ1) is 10.4. The van der Waals surface area contributed by atoms with Crippen LogP contribution in [0.2, 0.25) is 0 Å². The van der Waals surface area contributed by atoms with Crippen molar-refractivity contribution in [1.82, 2.24) is 5.73 Å². The molecular weight excluding hydrogens is 142 g/mol. The minimum atomic E-state index is -0.415. The van der Waals surface area contributed by atoms with E-state index in [1.165, 1.54) is 12.8 Å². The summed E-state index contributed by atoms with van der Waals surface area (Å²) >= 11 is 0. The number of nitrogens with one attached hydrogen (secondary N) is 1. The number of hydrogen-bond donors (Lipinski definition) is 0. The number of esters is 1. The first-order valence-corrected chi connectivity index (χ1v) is 4.11. The maximum Gasteiger partial charge on any atom is 0.321 e. The number of unbranched alkanes of at least 4 members (excludes halogenated alkanes) is 3. The fraction of sp³-hybridized carbons (Fsp3) is 0.875. The minimum Gasteiger partial charge on any atom is -0.465 e. The molecule has 0 atom stereocenters. The van der Waals surface area contributed by atoms with Crippen LogP contribution in [0.4, 0.5) is 0 Å². The quantitative estimate of drug-likeness (QED) is 0.433. The predicted molar refractivity (Wildman–Crippen MR) is 43.1 cm³/mol. The van der Waals surface area contributed by atoms with Gasteiger partial charge < -0.3 is 4.74 Å². The topological polar surface area (TPSA) is 50.1 Å². The Morgan fingerprint density at radius 3 is 2.64 bits per heavy atom. The van der Waals surface area contributed by atoms with Gasteiger partial charge in [-0.1, -0.05) is 26.2 Å². The van der Waals surface area contributed by atoms with Crippen molar-refractivity contribution in [3.8, 4) is 0 Å². The van der Waals surface area contributed by atoms with Gasteiger partial charge in [-0.15, -0.1) is 0 Å². The number of carbonyl (C=O) groups excluding carboxylic acids is 1. The van der Waals surface area contributed by atoms with E-state index in [1.807, 2.05) is 0 Å². The molecule has 0 bridgehead atoms. The Morgan fingerprint density at radius 1 is 1.36 bits per heavy atom. The maximum absolute atomic E-state index is 10.4. The molecule has 0 unspecified atom stereocenters. The Hall–Kier alpha value is -0.570. The summed E-state index contributed by atoms with van der Waals surface area (Å²) in [4.78, 5) is 10.4. The summed E-state index contributed by atoms with van der Waals surface area (Å²) in [6.07, 6.45) is 4.42. The largest absolute Gasteiger partial charge is 0.465 e. The summed E-state index contributed by atoms with van der Waals surface area (Å²) in [5.41, 5.74) is 6.65. The van der Waals surface area contributed by atoms with E-state index < -0.39 is 5.97 Å². The highest BCUT2D eigenvalue weighted by atomic mass is 16.5. The Balaban J connectivity index is 2.95. The van der Waals surface area contributed by atoms with Crippen LogP contribution in [0.25, 0.3) is 0 Å². The van der Waals surface area contributed by atoms with Crippen molar-refractivity contribution >= 4 is 5.97 Å². The van der Waals surface area contributed by atoms with Crippen LogP contribution >= 0.6 is 0 Å². The second kappa shape index (κ2) is 7.54. The van der Waals surface area contributed by atoms with Crippen molar-refractivity contribution in [1.29, 1.82) is 0 Å². The lowest BCUT2D eigenvalue weighted by atomic mass is 10.2. The first-order valence-electron chi connectivity index (χ1n) is 4.11. The summed E-state index contributed by atoms with van der Waals surface area (Å²) in [6, 6.07) is 0. The van der Waals surface area contributed by atoms with Crippen molar-refractivity contribution in [2.75, 3.05) is 13.2 Å². The molecule has 0 fully saturated rings. The second-order valence-electron chi connectivity index (χ2n) is 2.46. The smallest absolute Gasteiger partial charge is 0.321 e. The predicted octanol–water partition coefficient (Wildman–Crippen LogP) is 1.39.